The van der Waals surface area contributed by atoms with E-state index in [1.807, 2.05) is 19.1 Å². The molecule has 0 fully saturated rings. The second-order valence-electron chi connectivity index (χ2n) is 3.69. The van der Waals surface area contributed by atoms with E-state index in [0.29, 0.717) is 17.0 Å². The van der Waals surface area contributed by atoms with Crippen LogP contribution in [-0.2, 0) is 0 Å². The average molecular weight is 233 g/mol. The van der Waals surface area contributed by atoms with Crippen LogP contribution in [0.25, 0.3) is 0 Å². The van der Waals surface area contributed by atoms with Gasteiger partial charge in [0.05, 0.1) is 11.4 Å². The van der Waals surface area contributed by atoms with Crippen LogP contribution < -0.4 is 5.43 Å². The van der Waals surface area contributed by atoms with Crippen molar-refractivity contribution < 1.29 is 10.0 Å². The molecule has 0 unspecified atom stereocenters. The fourth-order valence-electron chi connectivity index (χ4n) is 1.06. The van der Waals surface area contributed by atoms with Crippen molar-refractivity contribution in [2.24, 2.45) is 10.3 Å². The molecule has 1 amide bonds. The Morgan fingerprint density at radius 1 is 1.18 bits per heavy atom. The number of rotatable bonds is 3. The van der Waals surface area contributed by atoms with Crippen molar-refractivity contribution in [3.8, 4) is 0 Å². The Bertz CT molecular complexity index is 461. The lowest BCUT2D eigenvalue weighted by Crippen LogP contribution is -2.21. The third-order valence-electron chi connectivity index (χ3n) is 2.31. The minimum Gasteiger partial charge on any atom is -0.411 e. The first-order valence-electron chi connectivity index (χ1n) is 5.15. The molecular formula is C12H15N3O2. The van der Waals surface area contributed by atoms with Crippen LogP contribution in [0.15, 0.2) is 34.5 Å². The number of carbonyl (C=O) groups excluding carboxylic acids is 1. The molecule has 1 aromatic carbocycles. The number of hydrogen-bond acceptors (Lipinski definition) is 4. The molecule has 0 bridgehead atoms. The van der Waals surface area contributed by atoms with Crippen molar-refractivity contribution in [3.63, 3.8) is 0 Å². The van der Waals surface area contributed by atoms with Crippen LogP contribution in [0.3, 0.4) is 0 Å². The van der Waals surface area contributed by atoms with E-state index >= 15 is 0 Å². The number of aryl methyl sites for hydroxylation is 1. The summed E-state index contributed by atoms with van der Waals surface area (Å²) in [6, 6.07) is 7.16. The number of oxime groups is 1. The molecule has 0 aliphatic rings. The summed E-state index contributed by atoms with van der Waals surface area (Å²) in [5.41, 5.74) is 4.82. The number of carbonyl (C=O) groups is 1. The summed E-state index contributed by atoms with van der Waals surface area (Å²) < 4.78 is 0. The molecule has 0 aromatic heterocycles. The monoisotopic (exact) mass is 233 g/mol. The maximum Gasteiger partial charge on any atom is 0.271 e. The second kappa shape index (κ2) is 5.79. The van der Waals surface area contributed by atoms with Crippen LogP contribution >= 0.6 is 0 Å². The first-order valence-corrected chi connectivity index (χ1v) is 5.15. The number of hydrogen-bond donors (Lipinski definition) is 2. The summed E-state index contributed by atoms with van der Waals surface area (Å²) in [5, 5.41) is 15.3. The van der Waals surface area contributed by atoms with E-state index in [1.54, 1.807) is 26.0 Å². The van der Waals surface area contributed by atoms with E-state index in [2.05, 4.69) is 15.7 Å². The summed E-state index contributed by atoms with van der Waals surface area (Å²) >= 11 is 0. The van der Waals surface area contributed by atoms with Crippen LogP contribution in [0.2, 0.25) is 0 Å². The lowest BCUT2D eigenvalue weighted by Gasteiger charge is -2.02. The van der Waals surface area contributed by atoms with Gasteiger partial charge in [0.1, 0.15) is 0 Å². The zero-order chi connectivity index (χ0) is 12.8. The Balaban J connectivity index is 2.71. The van der Waals surface area contributed by atoms with Gasteiger partial charge >= 0.3 is 0 Å². The van der Waals surface area contributed by atoms with Crippen LogP contribution in [0.4, 0.5) is 0 Å². The van der Waals surface area contributed by atoms with Gasteiger partial charge in [-0.1, -0.05) is 22.9 Å². The molecule has 0 aliphatic heterocycles. The van der Waals surface area contributed by atoms with Gasteiger partial charge in [0.15, 0.2) is 0 Å². The lowest BCUT2D eigenvalue weighted by molar-refractivity contribution is 0.0955. The summed E-state index contributed by atoms with van der Waals surface area (Å²) in [6.45, 7) is 5.19. The highest BCUT2D eigenvalue weighted by molar-refractivity contribution is 6.40. The summed E-state index contributed by atoms with van der Waals surface area (Å²) in [7, 11) is 0. The van der Waals surface area contributed by atoms with Crippen LogP contribution in [0.1, 0.15) is 29.8 Å². The third kappa shape index (κ3) is 3.71. The largest absolute Gasteiger partial charge is 0.411 e. The highest BCUT2D eigenvalue weighted by Crippen LogP contribution is 2.02. The molecule has 5 nitrogen and oxygen atoms in total. The van der Waals surface area contributed by atoms with Crippen molar-refractivity contribution in [1.29, 1.82) is 0 Å². The molecule has 0 saturated heterocycles. The van der Waals surface area contributed by atoms with E-state index < -0.39 is 0 Å². The maximum atomic E-state index is 11.7. The fraction of sp³-hybridized carbons (Fsp3) is 0.250. The van der Waals surface area contributed by atoms with E-state index in [-0.39, 0.29) is 5.91 Å². The van der Waals surface area contributed by atoms with Crippen molar-refractivity contribution in [3.05, 3.63) is 35.4 Å². The van der Waals surface area contributed by atoms with Gasteiger partial charge in [-0.15, -0.1) is 0 Å². The Morgan fingerprint density at radius 2 is 1.76 bits per heavy atom. The summed E-state index contributed by atoms with van der Waals surface area (Å²) in [6.07, 6.45) is 0. The standard InChI is InChI=1S/C12H15N3O2/c1-8-4-6-11(7-5-8)12(16)14-13-9(2)10(3)15-17/h4-7,17H,1-3H3,(H,14,16)/b13-9+,15-10+. The molecule has 0 aliphatic carbocycles. The van der Waals surface area contributed by atoms with E-state index in [1.165, 1.54) is 0 Å². The van der Waals surface area contributed by atoms with Crippen LogP contribution in [0.5, 0.6) is 0 Å². The summed E-state index contributed by atoms with van der Waals surface area (Å²) in [4.78, 5) is 11.7. The van der Waals surface area contributed by atoms with Crippen molar-refractivity contribution in [2.45, 2.75) is 20.8 Å². The van der Waals surface area contributed by atoms with Gasteiger partial charge in [0.2, 0.25) is 0 Å². The molecule has 90 valence electrons. The van der Waals surface area contributed by atoms with Crippen LogP contribution in [-0.4, -0.2) is 22.5 Å². The SMILES string of the molecule is CC(=N\O)/C(C)=N/NC(=O)c1ccc(C)cc1. The molecule has 0 radical (unpaired) electrons. The van der Waals surface area contributed by atoms with Gasteiger partial charge < -0.3 is 5.21 Å². The number of benzene rings is 1. The van der Waals surface area contributed by atoms with Crippen molar-refractivity contribution in [1.82, 2.24) is 5.43 Å². The second-order valence-corrected chi connectivity index (χ2v) is 3.69. The Labute approximate surface area is 99.8 Å². The highest BCUT2D eigenvalue weighted by Gasteiger charge is 2.04. The highest BCUT2D eigenvalue weighted by atomic mass is 16.4. The normalized spacial score (nSPS) is 12.4. The molecule has 0 saturated carbocycles. The van der Waals surface area contributed by atoms with Gasteiger partial charge in [-0.2, -0.15) is 5.10 Å². The van der Waals surface area contributed by atoms with Gasteiger partial charge in [-0.3, -0.25) is 4.79 Å². The topological polar surface area (TPSA) is 74.1 Å². The van der Waals surface area contributed by atoms with Gasteiger partial charge in [0.25, 0.3) is 5.91 Å². The molecule has 0 atom stereocenters. The number of nitrogens with one attached hydrogen (secondary N) is 1. The average Bonchev–Trinajstić information content (AvgIpc) is 2.35. The van der Waals surface area contributed by atoms with Crippen molar-refractivity contribution >= 4 is 17.3 Å². The minimum atomic E-state index is -0.296. The zero-order valence-electron chi connectivity index (χ0n) is 10.1. The molecule has 1 aromatic rings. The zero-order valence-corrected chi connectivity index (χ0v) is 10.1. The van der Waals surface area contributed by atoms with Gasteiger partial charge in [-0.25, -0.2) is 5.43 Å². The first kappa shape index (κ1) is 12.9. The smallest absolute Gasteiger partial charge is 0.271 e. The quantitative estimate of drug-likeness (QED) is 0.475. The number of hydrazone groups is 1. The Hall–Kier alpha value is -2.17. The van der Waals surface area contributed by atoms with Crippen molar-refractivity contribution in [2.75, 3.05) is 0 Å². The minimum absolute atomic E-state index is 0.296. The predicted octanol–water partition coefficient (Wildman–Crippen LogP) is 1.95. The van der Waals surface area contributed by atoms with E-state index in [0.717, 1.165) is 5.56 Å². The third-order valence-corrected chi connectivity index (χ3v) is 2.31. The first-order chi connectivity index (χ1) is 8.04. The number of nitrogens with zero attached hydrogens (tertiary/aromatic N) is 2. The molecule has 0 heterocycles. The molecule has 2 N–H and O–H groups in total. The predicted molar refractivity (Wildman–Crippen MR) is 66.6 cm³/mol. The molecule has 1 rings (SSSR count). The Morgan fingerprint density at radius 3 is 2.29 bits per heavy atom. The maximum absolute atomic E-state index is 11.7. The summed E-state index contributed by atoms with van der Waals surface area (Å²) in [5.74, 6) is -0.296. The lowest BCUT2D eigenvalue weighted by atomic mass is 10.1. The fourth-order valence-corrected chi connectivity index (χ4v) is 1.06. The molecule has 0 spiro atoms. The van der Waals surface area contributed by atoms with E-state index in [4.69, 9.17) is 5.21 Å². The molecule has 5 heteroatoms. The molecular weight excluding hydrogens is 218 g/mol. The van der Waals surface area contributed by atoms with E-state index in [9.17, 15) is 4.79 Å². The Kier molecular flexibility index (Phi) is 4.39. The van der Waals surface area contributed by atoms with Gasteiger partial charge in [-0.05, 0) is 32.9 Å². The van der Waals surface area contributed by atoms with Gasteiger partial charge in [0, 0.05) is 5.56 Å². The molecule has 17 heavy (non-hydrogen) atoms. The number of amides is 1. The van der Waals surface area contributed by atoms with Crippen LogP contribution in [0, 0.1) is 6.92 Å².